The van der Waals surface area contributed by atoms with E-state index in [2.05, 4.69) is 24.9 Å². The van der Waals surface area contributed by atoms with Gasteiger partial charge in [-0.25, -0.2) is 13.4 Å². The van der Waals surface area contributed by atoms with Gasteiger partial charge in [-0.1, -0.05) is 43.4 Å². The van der Waals surface area contributed by atoms with Crippen molar-refractivity contribution in [1.29, 1.82) is 0 Å². The van der Waals surface area contributed by atoms with Crippen molar-refractivity contribution in [3.8, 4) is 0 Å². The normalized spacial score (nSPS) is 16.6. The van der Waals surface area contributed by atoms with E-state index in [1.54, 1.807) is 27.5 Å². The molecule has 2 aromatic carbocycles. The molecule has 7 nitrogen and oxygen atoms in total. The highest BCUT2D eigenvalue weighted by Crippen LogP contribution is 2.33. The van der Waals surface area contributed by atoms with Gasteiger partial charge in [0.1, 0.15) is 0 Å². The van der Waals surface area contributed by atoms with Crippen LogP contribution in [0.15, 0.2) is 71.8 Å². The Morgan fingerprint density at radius 2 is 1.92 bits per heavy atom. The van der Waals surface area contributed by atoms with Crippen molar-refractivity contribution in [2.75, 3.05) is 18.0 Å². The van der Waals surface area contributed by atoms with Gasteiger partial charge in [-0.2, -0.15) is 4.31 Å². The van der Waals surface area contributed by atoms with Crippen LogP contribution in [-0.2, 0) is 23.0 Å². The number of anilines is 1. The minimum atomic E-state index is -3.60. The van der Waals surface area contributed by atoms with Gasteiger partial charge in [0.15, 0.2) is 5.13 Å². The lowest BCUT2D eigenvalue weighted by Crippen LogP contribution is -2.39. The van der Waals surface area contributed by atoms with Gasteiger partial charge in [0, 0.05) is 24.8 Å². The third-order valence-corrected chi connectivity index (χ3v) is 9.68. The molecule has 1 fully saturated rings. The van der Waals surface area contributed by atoms with Crippen molar-refractivity contribution in [3.05, 3.63) is 83.7 Å². The number of nitrogens with zero attached hydrogens (tertiary/aromatic N) is 4. The molecule has 1 aliphatic heterocycles. The van der Waals surface area contributed by atoms with Gasteiger partial charge in [-0.3, -0.25) is 14.7 Å². The molecular formula is C28H30N4O3S2. The molecule has 4 aromatic rings. The lowest BCUT2D eigenvalue weighted by Gasteiger charge is -2.30. The van der Waals surface area contributed by atoms with Gasteiger partial charge in [0.2, 0.25) is 10.0 Å². The molecule has 0 spiro atoms. The summed E-state index contributed by atoms with van der Waals surface area (Å²) in [7, 11) is -3.60. The van der Waals surface area contributed by atoms with E-state index in [0.29, 0.717) is 29.7 Å². The molecule has 0 N–H and O–H groups in total. The molecule has 1 aliphatic rings. The van der Waals surface area contributed by atoms with E-state index in [1.807, 2.05) is 30.3 Å². The van der Waals surface area contributed by atoms with Crippen LogP contribution in [0.1, 0.15) is 48.3 Å². The number of carbonyl (C=O) groups is 1. The summed E-state index contributed by atoms with van der Waals surface area (Å²) in [6.45, 7) is 5.48. The fourth-order valence-corrected chi connectivity index (χ4v) is 7.32. The summed E-state index contributed by atoms with van der Waals surface area (Å²) >= 11 is 1.47. The molecule has 0 saturated carbocycles. The zero-order valence-corrected chi connectivity index (χ0v) is 22.6. The van der Waals surface area contributed by atoms with Crippen LogP contribution in [0.3, 0.4) is 0 Å². The summed E-state index contributed by atoms with van der Waals surface area (Å²) in [6, 6.07) is 17.9. The summed E-state index contributed by atoms with van der Waals surface area (Å²) in [5.74, 6) is 0.0878. The Balaban J connectivity index is 1.47. The van der Waals surface area contributed by atoms with Crippen LogP contribution >= 0.6 is 11.3 Å². The highest BCUT2D eigenvalue weighted by Gasteiger charge is 2.29. The second kappa shape index (κ2) is 10.7. The van der Waals surface area contributed by atoms with Crippen molar-refractivity contribution in [2.45, 2.75) is 44.6 Å². The molecular weight excluding hydrogens is 504 g/mol. The third-order valence-electron chi connectivity index (χ3n) is 6.75. The average molecular weight is 535 g/mol. The predicted octanol–water partition coefficient (Wildman–Crippen LogP) is 5.52. The Kier molecular flexibility index (Phi) is 7.37. The summed E-state index contributed by atoms with van der Waals surface area (Å²) in [4.78, 5) is 24.9. The summed E-state index contributed by atoms with van der Waals surface area (Å²) in [5.41, 5.74) is 3.17. The van der Waals surface area contributed by atoms with Crippen LogP contribution in [0, 0.1) is 5.92 Å². The molecule has 0 bridgehead atoms. The van der Waals surface area contributed by atoms with Crippen LogP contribution < -0.4 is 4.90 Å². The fraction of sp³-hybridized carbons (Fsp3) is 0.321. The molecule has 3 heterocycles. The number of para-hydroxylation sites is 1. The van der Waals surface area contributed by atoms with Gasteiger partial charge in [0.05, 0.1) is 27.4 Å². The zero-order chi connectivity index (χ0) is 26.0. The number of fused-ring (bicyclic) bond motifs is 1. The number of aromatic nitrogens is 2. The Labute approximate surface area is 221 Å². The molecule has 1 saturated heterocycles. The number of sulfonamides is 1. The second-order valence-corrected chi connectivity index (χ2v) is 12.4. The van der Waals surface area contributed by atoms with E-state index in [-0.39, 0.29) is 17.3 Å². The van der Waals surface area contributed by atoms with E-state index in [4.69, 9.17) is 4.98 Å². The lowest BCUT2D eigenvalue weighted by molar-refractivity contribution is 0.0984. The number of piperidine rings is 1. The number of rotatable bonds is 7. The smallest absolute Gasteiger partial charge is 0.260 e. The van der Waals surface area contributed by atoms with Crippen LogP contribution in [0.25, 0.3) is 10.2 Å². The van der Waals surface area contributed by atoms with Crippen molar-refractivity contribution < 1.29 is 13.2 Å². The van der Waals surface area contributed by atoms with E-state index >= 15 is 0 Å². The summed E-state index contributed by atoms with van der Waals surface area (Å²) in [5, 5.41) is 0.588. The van der Waals surface area contributed by atoms with Crippen LogP contribution in [0.5, 0.6) is 0 Å². The first-order chi connectivity index (χ1) is 17.9. The number of carbonyl (C=O) groups excluding carboxylic acids is 1. The molecule has 1 amide bonds. The maximum absolute atomic E-state index is 13.8. The summed E-state index contributed by atoms with van der Waals surface area (Å²) in [6.07, 6.45) is 4.45. The van der Waals surface area contributed by atoms with E-state index in [1.165, 1.54) is 23.5 Å². The number of amides is 1. The number of pyridine rings is 1. The maximum atomic E-state index is 13.8. The first kappa shape index (κ1) is 25.5. The van der Waals surface area contributed by atoms with Crippen molar-refractivity contribution >= 4 is 42.6 Å². The molecule has 1 unspecified atom stereocenters. The molecule has 1 atom stereocenters. The zero-order valence-electron chi connectivity index (χ0n) is 21.0. The lowest BCUT2D eigenvalue weighted by atomic mass is 10.0. The second-order valence-electron chi connectivity index (χ2n) is 9.46. The van der Waals surface area contributed by atoms with Gasteiger partial charge in [-0.05, 0) is 73.2 Å². The Morgan fingerprint density at radius 1 is 1.11 bits per heavy atom. The highest BCUT2D eigenvalue weighted by atomic mass is 32.2. The molecule has 0 aliphatic carbocycles. The average Bonchev–Trinajstić information content (AvgIpc) is 3.36. The van der Waals surface area contributed by atoms with Gasteiger partial charge in [-0.15, -0.1) is 0 Å². The van der Waals surface area contributed by atoms with Crippen molar-refractivity contribution in [2.24, 2.45) is 5.92 Å². The fourth-order valence-electron chi connectivity index (χ4n) is 4.71. The molecule has 5 rings (SSSR count). The van der Waals surface area contributed by atoms with Crippen LogP contribution in [0.2, 0.25) is 0 Å². The van der Waals surface area contributed by atoms with E-state index < -0.39 is 10.0 Å². The quantitative estimate of drug-likeness (QED) is 0.312. The Hall–Kier alpha value is -3.14. The van der Waals surface area contributed by atoms with Crippen LogP contribution in [-0.4, -0.2) is 41.7 Å². The van der Waals surface area contributed by atoms with Crippen LogP contribution in [0.4, 0.5) is 5.13 Å². The predicted molar refractivity (Wildman–Crippen MR) is 147 cm³/mol. The van der Waals surface area contributed by atoms with Crippen molar-refractivity contribution in [1.82, 2.24) is 14.3 Å². The molecule has 192 valence electrons. The Morgan fingerprint density at radius 3 is 2.62 bits per heavy atom. The number of benzene rings is 2. The molecule has 9 heteroatoms. The highest BCUT2D eigenvalue weighted by molar-refractivity contribution is 7.89. The first-order valence-corrected chi connectivity index (χ1v) is 14.8. The SMILES string of the molecule is CCc1cccc2sc(N(Cc3ccccn3)C(=O)c3ccc(S(=O)(=O)N4CCCC(C)C4)cc3)nc12. The standard InChI is InChI=1S/C28H30N4O3S2/c1-3-21-9-6-11-25-26(21)30-28(36-25)32(19-23-10-4-5-16-29-23)27(33)22-12-14-24(15-13-22)37(34,35)31-17-7-8-20(2)18-31/h4-6,9-16,20H,3,7-8,17-19H2,1-2H3. The van der Waals surface area contributed by atoms with Gasteiger partial charge >= 0.3 is 0 Å². The third kappa shape index (κ3) is 5.30. The molecule has 37 heavy (non-hydrogen) atoms. The number of hydrogen-bond donors (Lipinski definition) is 0. The van der Waals surface area contributed by atoms with Crippen molar-refractivity contribution in [3.63, 3.8) is 0 Å². The van der Waals surface area contributed by atoms with E-state index in [9.17, 15) is 13.2 Å². The molecule has 2 aromatic heterocycles. The minimum Gasteiger partial charge on any atom is -0.278 e. The number of thiazole rings is 1. The topological polar surface area (TPSA) is 83.5 Å². The Bertz CT molecular complexity index is 1500. The van der Waals surface area contributed by atoms with Gasteiger partial charge < -0.3 is 0 Å². The number of aryl methyl sites for hydroxylation is 1. The maximum Gasteiger partial charge on any atom is 0.260 e. The monoisotopic (exact) mass is 534 g/mol. The molecule has 0 radical (unpaired) electrons. The first-order valence-electron chi connectivity index (χ1n) is 12.6. The summed E-state index contributed by atoms with van der Waals surface area (Å²) < 4.78 is 28.9. The number of hydrogen-bond acceptors (Lipinski definition) is 6. The van der Waals surface area contributed by atoms with Gasteiger partial charge in [0.25, 0.3) is 5.91 Å². The largest absolute Gasteiger partial charge is 0.278 e. The van der Waals surface area contributed by atoms with E-state index in [0.717, 1.165) is 40.7 Å². The minimum absolute atomic E-state index is 0.210.